The number of benzene rings is 1. The average Bonchev–Trinajstić information content (AvgIpc) is 2.45. The lowest BCUT2D eigenvalue weighted by atomic mass is 9.93. The summed E-state index contributed by atoms with van der Waals surface area (Å²) >= 11 is 0. The van der Waals surface area contributed by atoms with Gasteiger partial charge in [-0.15, -0.1) is 0 Å². The molecule has 5 nitrogen and oxygen atoms in total. The molecule has 136 valence electrons. The minimum absolute atomic E-state index is 0.294. The SMILES string of the molecule is CC(C)C[C@@H]([C@H](O)CNCc1ccccc1)N(C(=O)O)C(C)(C)C. The summed E-state index contributed by atoms with van der Waals surface area (Å²) in [5.41, 5.74) is 0.572. The van der Waals surface area contributed by atoms with Crippen LogP contribution in [0, 0.1) is 5.92 Å². The lowest BCUT2D eigenvalue weighted by Crippen LogP contribution is -2.57. The Hall–Kier alpha value is -1.59. The summed E-state index contributed by atoms with van der Waals surface area (Å²) in [4.78, 5) is 13.2. The van der Waals surface area contributed by atoms with Crippen LogP contribution in [0.2, 0.25) is 0 Å². The van der Waals surface area contributed by atoms with Crippen LogP contribution in [0.3, 0.4) is 0 Å². The van der Waals surface area contributed by atoms with Crippen molar-refractivity contribution in [3.63, 3.8) is 0 Å². The van der Waals surface area contributed by atoms with Crippen LogP contribution in [-0.4, -0.2) is 45.4 Å². The molecule has 0 saturated carbocycles. The summed E-state index contributed by atoms with van der Waals surface area (Å²) in [6.45, 7) is 10.7. The topological polar surface area (TPSA) is 72.8 Å². The second kappa shape index (κ2) is 9.04. The van der Waals surface area contributed by atoms with Gasteiger partial charge in [0.05, 0.1) is 12.1 Å². The maximum absolute atomic E-state index is 11.8. The minimum atomic E-state index is -0.991. The van der Waals surface area contributed by atoms with E-state index in [4.69, 9.17) is 0 Å². The Morgan fingerprint density at radius 1 is 1.21 bits per heavy atom. The molecule has 0 aromatic heterocycles. The van der Waals surface area contributed by atoms with E-state index in [2.05, 4.69) is 5.32 Å². The van der Waals surface area contributed by atoms with Crippen LogP contribution < -0.4 is 5.32 Å². The number of carbonyl (C=O) groups is 1. The molecule has 0 unspecified atom stereocenters. The summed E-state index contributed by atoms with van der Waals surface area (Å²) in [5, 5.41) is 23.5. The van der Waals surface area contributed by atoms with Crippen LogP contribution in [0.4, 0.5) is 4.79 Å². The number of hydrogen-bond donors (Lipinski definition) is 3. The van der Waals surface area contributed by atoms with Gasteiger partial charge in [0, 0.05) is 18.6 Å². The molecule has 1 aromatic carbocycles. The lowest BCUT2D eigenvalue weighted by molar-refractivity contribution is -0.000566. The molecular formula is C19H32N2O3. The Labute approximate surface area is 145 Å². The molecule has 0 bridgehead atoms. The van der Waals surface area contributed by atoms with Crippen molar-refractivity contribution in [2.24, 2.45) is 5.92 Å². The van der Waals surface area contributed by atoms with Crippen molar-refractivity contribution >= 4 is 6.09 Å². The van der Waals surface area contributed by atoms with Crippen LogP contribution in [0.15, 0.2) is 30.3 Å². The van der Waals surface area contributed by atoms with E-state index >= 15 is 0 Å². The molecule has 24 heavy (non-hydrogen) atoms. The van der Waals surface area contributed by atoms with E-state index in [1.54, 1.807) is 0 Å². The minimum Gasteiger partial charge on any atom is -0.465 e. The molecule has 0 spiro atoms. The highest BCUT2D eigenvalue weighted by molar-refractivity contribution is 5.66. The van der Waals surface area contributed by atoms with Crippen LogP contribution in [0.25, 0.3) is 0 Å². The monoisotopic (exact) mass is 336 g/mol. The van der Waals surface area contributed by atoms with Gasteiger partial charge in [0.2, 0.25) is 0 Å². The molecule has 0 aliphatic carbocycles. The third-order valence-corrected chi connectivity index (χ3v) is 3.94. The van der Waals surface area contributed by atoms with Gasteiger partial charge in [0.15, 0.2) is 0 Å². The second-order valence-corrected chi connectivity index (χ2v) is 7.70. The Kier molecular flexibility index (Phi) is 7.70. The first-order valence-electron chi connectivity index (χ1n) is 8.58. The predicted molar refractivity (Wildman–Crippen MR) is 97.0 cm³/mol. The fourth-order valence-corrected chi connectivity index (χ4v) is 2.94. The number of aliphatic hydroxyl groups is 1. The normalized spacial score (nSPS) is 14.5. The fourth-order valence-electron chi connectivity index (χ4n) is 2.94. The molecule has 3 N–H and O–H groups in total. The first kappa shape index (κ1) is 20.5. The van der Waals surface area contributed by atoms with Gasteiger partial charge in [-0.05, 0) is 38.7 Å². The number of carboxylic acid groups (broad SMARTS) is 1. The smallest absolute Gasteiger partial charge is 0.408 e. The number of amides is 1. The van der Waals surface area contributed by atoms with E-state index in [9.17, 15) is 15.0 Å². The number of nitrogens with zero attached hydrogens (tertiary/aromatic N) is 1. The van der Waals surface area contributed by atoms with Gasteiger partial charge in [-0.25, -0.2) is 4.79 Å². The summed E-state index contributed by atoms with van der Waals surface area (Å²) in [5.74, 6) is 0.294. The molecule has 1 amide bonds. The Morgan fingerprint density at radius 2 is 1.79 bits per heavy atom. The molecular weight excluding hydrogens is 304 g/mol. The summed E-state index contributed by atoms with van der Waals surface area (Å²) < 4.78 is 0. The average molecular weight is 336 g/mol. The largest absolute Gasteiger partial charge is 0.465 e. The van der Waals surface area contributed by atoms with Crippen molar-refractivity contribution < 1.29 is 15.0 Å². The predicted octanol–water partition coefficient (Wildman–Crippen LogP) is 3.33. The van der Waals surface area contributed by atoms with Gasteiger partial charge in [0.1, 0.15) is 0 Å². The van der Waals surface area contributed by atoms with E-state index in [1.807, 2.05) is 65.0 Å². The summed E-state index contributed by atoms with van der Waals surface area (Å²) in [7, 11) is 0. The zero-order valence-corrected chi connectivity index (χ0v) is 15.5. The number of rotatable bonds is 8. The van der Waals surface area contributed by atoms with Crippen LogP contribution >= 0.6 is 0 Å². The van der Waals surface area contributed by atoms with Crippen molar-refractivity contribution in [1.82, 2.24) is 10.2 Å². The molecule has 1 aromatic rings. The first-order valence-corrected chi connectivity index (χ1v) is 8.58. The lowest BCUT2D eigenvalue weighted by Gasteiger charge is -2.42. The first-order chi connectivity index (χ1) is 11.1. The van der Waals surface area contributed by atoms with Crippen molar-refractivity contribution in [2.75, 3.05) is 6.54 Å². The molecule has 0 aliphatic heterocycles. The van der Waals surface area contributed by atoms with Gasteiger partial charge in [-0.3, -0.25) is 4.90 Å². The van der Waals surface area contributed by atoms with Gasteiger partial charge >= 0.3 is 6.09 Å². The Balaban J connectivity index is 2.76. The summed E-state index contributed by atoms with van der Waals surface area (Å²) in [6, 6.07) is 9.51. The third kappa shape index (κ3) is 6.49. The molecule has 0 fully saturated rings. The van der Waals surface area contributed by atoms with Crippen molar-refractivity contribution in [2.45, 2.75) is 65.3 Å². The van der Waals surface area contributed by atoms with Gasteiger partial charge in [-0.1, -0.05) is 44.2 Å². The zero-order chi connectivity index (χ0) is 18.3. The van der Waals surface area contributed by atoms with E-state index in [-0.39, 0.29) is 0 Å². The maximum atomic E-state index is 11.8. The molecule has 0 radical (unpaired) electrons. The molecule has 0 saturated heterocycles. The highest BCUT2D eigenvalue weighted by Crippen LogP contribution is 2.24. The van der Waals surface area contributed by atoms with Crippen molar-refractivity contribution in [3.8, 4) is 0 Å². The van der Waals surface area contributed by atoms with Crippen LogP contribution in [-0.2, 0) is 6.54 Å². The van der Waals surface area contributed by atoms with Crippen LogP contribution in [0.1, 0.15) is 46.6 Å². The van der Waals surface area contributed by atoms with Crippen molar-refractivity contribution in [1.29, 1.82) is 0 Å². The van der Waals surface area contributed by atoms with E-state index in [0.717, 1.165) is 5.56 Å². The van der Waals surface area contributed by atoms with E-state index in [0.29, 0.717) is 25.4 Å². The van der Waals surface area contributed by atoms with Gasteiger partial charge < -0.3 is 15.5 Å². The van der Waals surface area contributed by atoms with E-state index < -0.39 is 23.8 Å². The van der Waals surface area contributed by atoms with Crippen molar-refractivity contribution in [3.05, 3.63) is 35.9 Å². The van der Waals surface area contributed by atoms with Gasteiger partial charge in [0.25, 0.3) is 0 Å². The van der Waals surface area contributed by atoms with Crippen LogP contribution in [0.5, 0.6) is 0 Å². The fraction of sp³-hybridized carbons (Fsp3) is 0.632. The Bertz CT molecular complexity index is 497. The molecule has 5 heteroatoms. The number of hydrogen-bond acceptors (Lipinski definition) is 3. The highest BCUT2D eigenvalue weighted by Gasteiger charge is 2.37. The maximum Gasteiger partial charge on any atom is 0.408 e. The number of aliphatic hydroxyl groups excluding tert-OH is 1. The Morgan fingerprint density at radius 3 is 2.25 bits per heavy atom. The quantitative estimate of drug-likeness (QED) is 0.681. The third-order valence-electron chi connectivity index (χ3n) is 3.94. The molecule has 0 heterocycles. The number of nitrogens with one attached hydrogen (secondary N) is 1. The van der Waals surface area contributed by atoms with Gasteiger partial charge in [-0.2, -0.15) is 0 Å². The molecule has 0 aliphatic rings. The second-order valence-electron chi connectivity index (χ2n) is 7.70. The molecule has 1 rings (SSSR count). The highest BCUT2D eigenvalue weighted by atomic mass is 16.4. The molecule has 2 atom stereocenters. The zero-order valence-electron chi connectivity index (χ0n) is 15.5. The summed E-state index contributed by atoms with van der Waals surface area (Å²) in [6.07, 6.45) is -1.13. The van der Waals surface area contributed by atoms with E-state index in [1.165, 1.54) is 4.90 Å². The standard InChI is InChI=1S/C19H32N2O3/c1-14(2)11-16(21(18(23)24)19(3,4)5)17(22)13-20-12-15-9-7-6-8-10-15/h6-10,14,16-17,20,22H,11-13H2,1-5H3,(H,23,24)/t16-,17+/m0/s1.